The minimum absolute atomic E-state index is 0.174. The van der Waals surface area contributed by atoms with Crippen LogP contribution in [0.15, 0.2) is 43.0 Å². The highest BCUT2D eigenvalue weighted by Crippen LogP contribution is 2.00. The number of carbonyl (C=O) groups excluding carboxylic acids is 2. The molecule has 0 saturated heterocycles. The van der Waals surface area contributed by atoms with Crippen molar-refractivity contribution >= 4 is 12.0 Å². The number of benzene rings is 1. The molecule has 0 unspecified atom stereocenters. The van der Waals surface area contributed by atoms with E-state index >= 15 is 0 Å². The first-order valence-electron chi connectivity index (χ1n) is 5.99. The molecule has 0 saturated carbocycles. The monoisotopic (exact) mass is 262 g/mol. The van der Waals surface area contributed by atoms with Gasteiger partial charge in [0.25, 0.3) is 0 Å². The first-order chi connectivity index (χ1) is 9.13. The van der Waals surface area contributed by atoms with Crippen molar-refractivity contribution in [3.8, 4) is 0 Å². The number of carbonyl (C=O) groups is 2. The van der Waals surface area contributed by atoms with Gasteiger partial charge in [-0.1, -0.05) is 36.4 Å². The normalized spacial score (nSPS) is 11.2. The largest absolute Gasteiger partial charge is 0.445 e. The van der Waals surface area contributed by atoms with Gasteiger partial charge in [0.05, 0.1) is 0 Å². The van der Waals surface area contributed by atoms with Gasteiger partial charge in [-0.2, -0.15) is 0 Å². The highest BCUT2D eigenvalue weighted by atomic mass is 16.5. The molecule has 2 amide bonds. The van der Waals surface area contributed by atoms with Crippen LogP contribution in [0.25, 0.3) is 0 Å². The Morgan fingerprint density at radius 1 is 1.37 bits per heavy atom. The summed E-state index contributed by atoms with van der Waals surface area (Å²) < 4.78 is 5.00. The minimum Gasteiger partial charge on any atom is -0.445 e. The van der Waals surface area contributed by atoms with E-state index in [0.29, 0.717) is 6.54 Å². The van der Waals surface area contributed by atoms with Crippen LogP contribution in [0.4, 0.5) is 4.79 Å². The van der Waals surface area contributed by atoms with Crippen molar-refractivity contribution in [3.63, 3.8) is 0 Å². The fourth-order valence-corrected chi connectivity index (χ4v) is 1.33. The van der Waals surface area contributed by atoms with Crippen LogP contribution in [-0.4, -0.2) is 24.6 Å². The van der Waals surface area contributed by atoms with Crippen LogP contribution in [0.3, 0.4) is 0 Å². The number of hydrogen-bond donors (Lipinski definition) is 2. The molecule has 0 aliphatic carbocycles. The highest BCUT2D eigenvalue weighted by Gasteiger charge is 2.15. The molecule has 5 heteroatoms. The van der Waals surface area contributed by atoms with Gasteiger partial charge in [-0.25, -0.2) is 4.79 Å². The van der Waals surface area contributed by atoms with Crippen molar-refractivity contribution in [3.05, 3.63) is 48.6 Å². The van der Waals surface area contributed by atoms with Gasteiger partial charge in [0.2, 0.25) is 5.91 Å². The van der Waals surface area contributed by atoms with Gasteiger partial charge in [0, 0.05) is 6.54 Å². The maximum Gasteiger partial charge on any atom is 0.408 e. The van der Waals surface area contributed by atoms with Crippen molar-refractivity contribution in [1.29, 1.82) is 0 Å². The average molecular weight is 262 g/mol. The Kier molecular flexibility index (Phi) is 6.15. The zero-order valence-electron chi connectivity index (χ0n) is 10.9. The van der Waals surface area contributed by atoms with Crippen LogP contribution in [0.2, 0.25) is 0 Å². The highest BCUT2D eigenvalue weighted by molar-refractivity contribution is 5.85. The fraction of sp³-hybridized carbons (Fsp3) is 0.286. The molecule has 102 valence electrons. The quantitative estimate of drug-likeness (QED) is 0.765. The lowest BCUT2D eigenvalue weighted by Crippen LogP contribution is -2.44. The Morgan fingerprint density at radius 2 is 2.05 bits per heavy atom. The molecule has 19 heavy (non-hydrogen) atoms. The third-order valence-electron chi connectivity index (χ3n) is 2.36. The minimum atomic E-state index is -0.650. The van der Waals surface area contributed by atoms with Crippen LogP contribution in [0.5, 0.6) is 0 Å². The first kappa shape index (κ1) is 14.8. The fourth-order valence-electron chi connectivity index (χ4n) is 1.33. The molecular formula is C14H18N2O3. The summed E-state index contributed by atoms with van der Waals surface area (Å²) in [5, 5.41) is 5.04. The van der Waals surface area contributed by atoms with E-state index in [-0.39, 0.29) is 12.5 Å². The van der Waals surface area contributed by atoms with Crippen LogP contribution < -0.4 is 10.6 Å². The van der Waals surface area contributed by atoms with Crippen LogP contribution in [-0.2, 0) is 16.1 Å². The lowest BCUT2D eigenvalue weighted by molar-refractivity contribution is -0.122. The van der Waals surface area contributed by atoms with Gasteiger partial charge >= 0.3 is 6.09 Å². The predicted octanol–water partition coefficient (Wildman–Crippen LogP) is 1.60. The van der Waals surface area contributed by atoms with Gasteiger partial charge in [-0.05, 0) is 12.5 Å². The van der Waals surface area contributed by atoms with E-state index in [9.17, 15) is 9.59 Å². The van der Waals surface area contributed by atoms with E-state index in [0.717, 1.165) is 5.56 Å². The summed E-state index contributed by atoms with van der Waals surface area (Å²) in [6, 6.07) is 8.67. The molecule has 0 fully saturated rings. The second-order valence-electron chi connectivity index (χ2n) is 3.96. The molecule has 1 atom stereocenters. The lowest BCUT2D eigenvalue weighted by Gasteiger charge is -2.13. The first-order valence-corrected chi connectivity index (χ1v) is 5.99. The molecule has 2 N–H and O–H groups in total. The van der Waals surface area contributed by atoms with Crippen LogP contribution >= 0.6 is 0 Å². The summed E-state index contributed by atoms with van der Waals surface area (Å²) in [5.41, 5.74) is 0.890. The Labute approximate surface area is 112 Å². The zero-order valence-corrected chi connectivity index (χ0v) is 10.9. The third-order valence-corrected chi connectivity index (χ3v) is 2.36. The maximum absolute atomic E-state index is 11.5. The smallest absolute Gasteiger partial charge is 0.408 e. The zero-order chi connectivity index (χ0) is 14.1. The summed E-state index contributed by atoms with van der Waals surface area (Å²) in [5.74, 6) is -0.281. The van der Waals surface area contributed by atoms with Gasteiger partial charge in [-0.15, -0.1) is 6.58 Å². The molecule has 0 aliphatic heterocycles. The molecular weight excluding hydrogens is 244 g/mol. The average Bonchev–Trinajstić information content (AvgIpc) is 2.43. The van der Waals surface area contributed by atoms with Crippen LogP contribution in [0.1, 0.15) is 12.5 Å². The molecule has 0 heterocycles. The van der Waals surface area contributed by atoms with Gasteiger partial charge in [0.15, 0.2) is 0 Å². The summed E-state index contributed by atoms with van der Waals surface area (Å²) in [7, 11) is 0. The molecule has 1 aromatic carbocycles. The molecule has 0 aliphatic rings. The van der Waals surface area contributed by atoms with Crippen molar-refractivity contribution in [2.75, 3.05) is 6.54 Å². The van der Waals surface area contributed by atoms with E-state index < -0.39 is 12.1 Å². The second-order valence-corrected chi connectivity index (χ2v) is 3.96. The van der Waals surface area contributed by atoms with E-state index in [2.05, 4.69) is 17.2 Å². The Bertz CT molecular complexity index is 432. The van der Waals surface area contributed by atoms with E-state index in [1.165, 1.54) is 0 Å². The van der Waals surface area contributed by atoms with Crippen LogP contribution in [0, 0.1) is 0 Å². The van der Waals surface area contributed by atoms with Crippen molar-refractivity contribution in [2.45, 2.75) is 19.6 Å². The lowest BCUT2D eigenvalue weighted by atomic mass is 10.2. The molecule has 1 aromatic rings. The van der Waals surface area contributed by atoms with E-state index in [4.69, 9.17) is 4.74 Å². The molecule has 0 radical (unpaired) electrons. The van der Waals surface area contributed by atoms with Crippen molar-refractivity contribution < 1.29 is 14.3 Å². The predicted molar refractivity (Wildman–Crippen MR) is 72.4 cm³/mol. The molecule has 5 nitrogen and oxygen atoms in total. The standard InChI is InChI=1S/C14H18N2O3/c1-3-9-15-13(17)11(2)16-14(18)19-10-12-7-5-4-6-8-12/h3-8,11H,1,9-10H2,2H3,(H,15,17)(H,16,18)/t11-/m0/s1. The molecule has 0 spiro atoms. The Balaban J connectivity index is 2.30. The number of hydrogen-bond acceptors (Lipinski definition) is 3. The van der Waals surface area contributed by atoms with Crippen molar-refractivity contribution in [1.82, 2.24) is 10.6 Å². The number of rotatable bonds is 6. The number of ether oxygens (including phenoxy) is 1. The second kappa shape index (κ2) is 7.92. The maximum atomic E-state index is 11.5. The molecule has 0 bridgehead atoms. The van der Waals surface area contributed by atoms with Gasteiger partial charge < -0.3 is 15.4 Å². The summed E-state index contributed by atoms with van der Waals surface area (Å²) >= 11 is 0. The SMILES string of the molecule is C=CCNC(=O)[C@H](C)NC(=O)OCc1ccccc1. The number of nitrogens with one attached hydrogen (secondary N) is 2. The topological polar surface area (TPSA) is 67.4 Å². The molecule has 0 aromatic heterocycles. The number of amides is 2. The summed E-state index contributed by atoms with van der Waals surface area (Å²) in [6.45, 7) is 5.61. The summed E-state index contributed by atoms with van der Waals surface area (Å²) in [6.07, 6.45) is 0.948. The summed E-state index contributed by atoms with van der Waals surface area (Å²) in [4.78, 5) is 23.0. The Hall–Kier alpha value is -2.30. The van der Waals surface area contributed by atoms with Crippen molar-refractivity contribution in [2.24, 2.45) is 0 Å². The van der Waals surface area contributed by atoms with E-state index in [1.807, 2.05) is 30.3 Å². The third kappa shape index (κ3) is 5.72. The number of alkyl carbamates (subject to hydrolysis) is 1. The van der Waals surface area contributed by atoms with E-state index in [1.54, 1.807) is 13.0 Å². The van der Waals surface area contributed by atoms with Gasteiger partial charge in [-0.3, -0.25) is 4.79 Å². The van der Waals surface area contributed by atoms with Gasteiger partial charge in [0.1, 0.15) is 12.6 Å². The Morgan fingerprint density at radius 3 is 2.68 bits per heavy atom. The molecule has 1 rings (SSSR count).